The summed E-state index contributed by atoms with van der Waals surface area (Å²) in [6, 6.07) is 7.45. The average Bonchev–Trinajstić information content (AvgIpc) is 3.04. The van der Waals surface area contributed by atoms with Crippen LogP contribution >= 0.6 is 11.6 Å². The molecule has 1 fully saturated rings. The van der Waals surface area contributed by atoms with Gasteiger partial charge >= 0.3 is 0 Å². The van der Waals surface area contributed by atoms with Crippen LogP contribution in [-0.4, -0.2) is 47.7 Å². The van der Waals surface area contributed by atoms with E-state index in [0.29, 0.717) is 16.5 Å². The number of aromatic amines is 1. The van der Waals surface area contributed by atoms with E-state index in [9.17, 15) is 4.79 Å². The molecule has 2 aromatic rings. The minimum absolute atomic E-state index is 0.0366. The van der Waals surface area contributed by atoms with E-state index in [1.807, 2.05) is 36.2 Å². The van der Waals surface area contributed by atoms with E-state index >= 15 is 0 Å². The highest BCUT2D eigenvalue weighted by atomic mass is 35.5. The number of amides is 1. The lowest BCUT2D eigenvalue weighted by molar-refractivity contribution is 0.0675. The molecule has 6 heteroatoms. The predicted octanol–water partition coefficient (Wildman–Crippen LogP) is 2.80. The highest BCUT2D eigenvalue weighted by Crippen LogP contribution is 2.26. The molecule has 1 amide bonds. The van der Waals surface area contributed by atoms with Crippen LogP contribution in [0.1, 0.15) is 23.2 Å². The molecule has 5 nitrogen and oxygen atoms in total. The molecule has 1 aromatic carbocycles. The molecule has 0 saturated carbocycles. The quantitative estimate of drug-likeness (QED) is 0.905. The Bertz CT molecular complexity index is 683. The zero-order valence-electron chi connectivity index (χ0n) is 13.2. The molecule has 2 heterocycles. The lowest BCUT2D eigenvalue weighted by atomic mass is 9.97. The van der Waals surface area contributed by atoms with Gasteiger partial charge in [0.15, 0.2) is 0 Å². The van der Waals surface area contributed by atoms with Gasteiger partial charge < -0.3 is 10.2 Å². The normalized spacial score (nSPS) is 18.2. The molecule has 0 radical (unpaired) electrons. The van der Waals surface area contributed by atoms with Gasteiger partial charge in [-0.3, -0.25) is 9.89 Å². The van der Waals surface area contributed by atoms with Crippen LogP contribution in [0.25, 0.3) is 11.3 Å². The number of nitrogens with zero attached hydrogens (tertiary/aromatic N) is 2. The summed E-state index contributed by atoms with van der Waals surface area (Å²) >= 11 is 6.06. The molecule has 23 heavy (non-hydrogen) atoms. The maximum atomic E-state index is 12.9. The zero-order chi connectivity index (χ0) is 16.2. The Morgan fingerprint density at radius 2 is 2.39 bits per heavy atom. The molecule has 122 valence electrons. The van der Waals surface area contributed by atoms with Crippen LogP contribution in [-0.2, 0) is 0 Å². The van der Waals surface area contributed by atoms with Crippen molar-refractivity contribution in [1.29, 1.82) is 0 Å². The minimum Gasteiger partial charge on any atom is -0.338 e. The highest BCUT2D eigenvalue weighted by molar-refractivity contribution is 6.30. The molecular formula is C17H21ClN4O. The number of aromatic nitrogens is 2. The number of H-pyrrole nitrogens is 1. The number of likely N-dealkylation sites (tertiary alicyclic amines) is 1. The first kappa shape index (κ1) is 16.0. The van der Waals surface area contributed by atoms with Gasteiger partial charge in [0.25, 0.3) is 5.91 Å². The lowest BCUT2D eigenvalue weighted by Crippen LogP contribution is -2.42. The minimum atomic E-state index is 0.0366. The predicted molar refractivity (Wildman–Crippen MR) is 91.6 cm³/mol. The first-order chi connectivity index (χ1) is 11.2. The third-order valence-electron chi connectivity index (χ3n) is 4.28. The SMILES string of the molecule is CNC[C@H]1CCCN(C(=O)c2cn[nH]c2-c2cccc(Cl)c2)C1. The Morgan fingerprint density at radius 3 is 3.17 bits per heavy atom. The third kappa shape index (κ3) is 3.57. The topological polar surface area (TPSA) is 61.0 Å². The van der Waals surface area contributed by atoms with Gasteiger partial charge in [0.1, 0.15) is 0 Å². The summed E-state index contributed by atoms with van der Waals surface area (Å²) in [5.74, 6) is 0.550. The standard InChI is InChI=1S/C17H21ClN4O/c1-19-9-12-4-3-7-22(11-12)17(23)15-10-20-21-16(15)13-5-2-6-14(18)8-13/h2,5-6,8,10,12,19H,3-4,7,9,11H2,1H3,(H,20,21)/t12-/m1/s1. The Labute approximate surface area is 141 Å². The molecular weight excluding hydrogens is 312 g/mol. The smallest absolute Gasteiger partial charge is 0.257 e. The summed E-state index contributed by atoms with van der Waals surface area (Å²) in [5, 5.41) is 10.9. The van der Waals surface area contributed by atoms with Crippen molar-refractivity contribution in [1.82, 2.24) is 20.4 Å². The van der Waals surface area contributed by atoms with E-state index in [2.05, 4.69) is 15.5 Å². The molecule has 0 spiro atoms. The molecule has 2 N–H and O–H groups in total. The van der Waals surface area contributed by atoms with Crippen LogP contribution < -0.4 is 5.32 Å². The Hall–Kier alpha value is -1.85. The van der Waals surface area contributed by atoms with Crippen LogP contribution in [0.5, 0.6) is 0 Å². The largest absolute Gasteiger partial charge is 0.338 e. The van der Waals surface area contributed by atoms with Crippen molar-refractivity contribution in [3.8, 4) is 11.3 Å². The van der Waals surface area contributed by atoms with E-state index in [0.717, 1.165) is 43.7 Å². The van der Waals surface area contributed by atoms with Crippen LogP contribution in [0.2, 0.25) is 5.02 Å². The maximum absolute atomic E-state index is 12.9. The fourth-order valence-corrected chi connectivity index (χ4v) is 3.38. The van der Waals surface area contributed by atoms with Gasteiger partial charge in [-0.1, -0.05) is 23.7 Å². The molecule has 1 saturated heterocycles. The summed E-state index contributed by atoms with van der Waals surface area (Å²) in [4.78, 5) is 14.8. The first-order valence-electron chi connectivity index (χ1n) is 7.92. The highest BCUT2D eigenvalue weighted by Gasteiger charge is 2.26. The Kier molecular flexibility index (Phi) is 4.98. The van der Waals surface area contributed by atoms with Crippen molar-refractivity contribution >= 4 is 17.5 Å². The second kappa shape index (κ2) is 7.15. The molecule has 1 atom stereocenters. The van der Waals surface area contributed by atoms with E-state index in [1.54, 1.807) is 6.20 Å². The van der Waals surface area contributed by atoms with Crippen molar-refractivity contribution < 1.29 is 4.79 Å². The summed E-state index contributed by atoms with van der Waals surface area (Å²) in [7, 11) is 1.95. The van der Waals surface area contributed by atoms with Crippen molar-refractivity contribution in [2.75, 3.05) is 26.7 Å². The summed E-state index contributed by atoms with van der Waals surface area (Å²) in [6.45, 7) is 2.54. The molecule has 1 aliphatic rings. The number of halogens is 1. The molecule has 1 aromatic heterocycles. The van der Waals surface area contributed by atoms with Gasteiger partial charge in [-0.25, -0.2) is 0 Å². The number of hydrogen-bond acceptors (Lipinski definition) is 3. The van der Waals surface area contributed by atoms with Crippen LogP contribution in [0.15, 0.2) is 30.5 Å². The van der Waals surface area contributed by atoms with Crippen molar-refractivity contribution in [2.45, 2.75) is 12.8 Å². The van der Waals surface area contributed by atoms with Crippen molar-refractivity contribution in [3.63, 3.8) is 0 Å². The second-order valence-electron chi connectivity index (χ2n) is 5.99. The van der Waals surface area contributed by atoms with Crippen LogP contribution in [0.4, 0.5) is 0 Å². The number of carbonyl (C=O) groups excluding carboxylic acids is 1. The summed E-state index contributed by atoms with van der Waals surface area (Å²) in [6.07, 6.45) is 3.82. The maximum Gasteiger partial charge on any atom is 0.257 e. The van der Waals surface area contributed by atoms with Gasteiger partial charge in [-0.2, -0.15) is 5.10 Å². The van der Waals surface area contributed by atoms with Gasteiger partial charge in [0.2, 0.25) is 0 Å². The average molecular weight is 333 g/mol. The monoisotopic (exact) mass is 332 g/mol. The fourth-order valence-electron chi connectivity index (χ4n) is 3.19. The molecule has 0 aliphatic carbocycles. The van der Waals surface area contributed by atoms with Crippen molar-refractivity contribution in [2.24, 2.45) is 5.92 Å². The fraction of sp³-hybridized carbons (Fsp3) is 0.412. The van der Waals surface area contributed by atoms with Gasteiger partial charge in [0, 0.05) is 23.7 Å². The van der Waals surface area contributed by atoms with Crippen LogP contribution in [0.3, 0.4) is 0 Å². The van der Waals surface area contributed by atoms with Gasteiger partial charge in [-0.05, 0) is 44.5 Å². The first-order valence-corrected chi connectivity index (χ1v) is 8.30. The Morgan fingerprint density at radius 1 is 1.52 bits per heavy atom. The molecule has 0 unspecified atom stereocenters. The number of benzene rings is 1. The van der Waals surface area contributed by atoms with E-state index in [-0.39, 0.29) is 5.91 Å². The van der Waals surface area contributed by atoms with E-state index in [4.69, 9.17) is 11.6 Å². The van der Waals surface area contributed by atoms with Crippen molar-refractivity contribution in [3.05, 3.63) is 41.0 Å². The number of hydrogen-bond donors (Lipinski definition) is 2. The van der Waals surface area contributed by atoms with E-state index in [1.165, 1.54) is 0 Å². The zero-order valence-corrected chi connectivity index (χ0v) is 13.9. The molecule has 3 rings (SSSR count). The number of carbonyl (C=O) groups is 1. The third-order valence-corrected chi connectivity index (χ3v) is 4.52. The molecule has 1 aliphatic heterocycles. The number of rotatable bonds is 4. The summed E-state index contributed by atoms with van der Waals surface area (Å²) < 4.78 is 0. The lowest BCUT2D eigenvalue weighted by Gasteiger charge is -2.32. The summed E-state index contributed by atoms with van der Waals surface area (Å²) in [5.41, 5.74) is 2.22. The van der Waals surface area contributed by atoms with Gasteiger partial charge in [0.05, 0.1) is 17.5 Å². The van der Waals surface area contributed by atoms with E-state index < -0.39 is 0 Å². The Balaban J connectivity index is 1.82. The number of piperidine rings is 1. The number of nitrogens with one attached hydrogen (secondary N) is 2. The molecule has 0 bridgehead atoms. The van der Waals surface area contributed by atoms with Gasteiger partial charge in [-0.15, -0.1) is 0 Å². The second-order valence-corrected chi connectivity index (χ2v) is 6.42. The van der Waals surface area contributed by atoms with Crippen LogP contribution in [0, 0.1) is 5.92 Å².